The minimum absolute atomic E-state index is 0.0424. The van der Waals surface area contributed by atoms with Crippen molar-refractivity contribution in [1.82, 2.24) is 14.9 Å². The number of ether oxygens (including phenoxy) is 1. The zero-order valence-corrected chi connectivity index (χ0v) is 23.8. The van der Waals surface area contributed by atoms with Gasteiger partial charge < -0.3 is 20.3 Å². The van der Waals surface area contributed by atoms with Crippen LogP contribution in [0.25, 0.3) is 5.57 Å². The lowest BCUT2D eigenvalue weighted by atomic mass is 9.97. The van der Waals surface area contributed by atoms with E-state index in [0.717, 1.165) is 12.0 Å². The molecule has 1 unspecified atom stereocenters. The summed E-state index contributed by atoms with van der Waals surface area (Å²) in [5, 5.41) is 0. The fraction of sp³-hybridized carbons (Fsp3) is 0.481. The maximum atomic E-state index is 13.8. The molecular formula is C27H36N6O5S. The monoisotopic (exact) mass is 556 g/mol. The highest BCUT2D eigenvalue weighted by Gasteiger charge is 2.40. The number of hydrogen-bond acceptors (Lipinski definition) is 8. The summed E-state index contributed by atoms with van der Waals surface area (Å²) in [6.45, 7) is 11.5. The third-order valence-electron chi connectivity index (χ3n) is 6.81. The van der Waals surface area contributed by atoms with Crippen molar-refractivity contribution in [2.24, 2.45) is 5.92 Å². The van der Waals surface area contributed by atoms with Crippen LogP contribution in [0, 0.1) is 5.92 Å². The molecule has 210 valence electrons. The number of amides is 2. The Hall–Kier alpha value is -3.51. The molecule has 2 aliphatic heterocycles. The van der Waals surface area contributed by atoms with Crippen LogP contribution in [0.4, 0.5) is 22.2 Å². The van der Waals surface area contributed by atoms with Gasteiger partial charge in [0.15, 0.2) is 5.82 Å². The van der Waals surface area contributed by atoms with Gasteiger partial charge in [0.1, 0.15) is 11.6 Å². The van der Waals surface area contributed by atoms with E-state index in [1.807, 2.05) is 19.9 Å². The number of carbonyl (C=O) groups excluding carboxylic acids is 2. The molecule has 2 amide bonds. The van der Waals surface area contributed by atoms with Crippen molar-refractivity contribution < 1.29 is 23.1 Å². The summed E-state index contributed by atoms with van der Waals surface area (Å²) in [6, 6.07) is 7.86. The normalized spacial score (nSPS) is 19.6. The largest absolute Gasteiger partial charge is 0.447 e. The van der Waals surface area contributed by atoms with E-state index in [1.54, 1.807) is 23.1 Å². The van der Waals surface area contributed by atoms with Crippen molar-refractivity contribution in [1.29, 1.82) is 0 Å². The number of anilines is 3. The molecule has 4 heterocycles. The van der Waals surface area contributed by atoms with Crippen LogP contribution in [0.3, 0.4) is 0 Å². The van der Waals surface area contributed by atoms with Gasteiger partial charge in [-0.2, -0.15) is 4.31 Å². The van der Waals surface area contributed by atoms with Gasteiger partial charge in [-0.25, -0.2) is 19.0 Å². The molecule has 2 aliphatic rings. The minimum Gasteiger partial charge on any atom is -0.447 e. The maximum Gasteiger partial charge on any atom is 0.410 e. The molecular weight excluding hydrogens is 520 g/mol. The van der Waals surface area contributed by atoms with E-state index >= 15 is 0 Å². The van der Waals surface area contributed by atoms with E-state index in [-0.39, 0.29) is 34.9 Å². The summed E-state index contributed by atoms with van der Waals surface area (Å²) in [5.74, 6) is 0.109. The van der Waals surface area contributed by atoms with Crippen LogP contribution >= 0.6 is 0 Å². The van der Waals surface area contributed by atoms with Gasteiger partial charge in [-0.05, 0) is 76.3 Å². The van der Waals surface area contributed by atoms with E-state index in [9.17, 15) is 18.4 Å². The Balaban J connectivity index is 1.77. The van der Waals surface area contributed by atoms with E-state index in [2.05, 4.69) is 30.7 Å². The highest BCUT2D eigenvalue weighted by Crippen LogP contribution is 2.39. The van der Waals surface area contributed by atoms with Gasteiger partial charge in [0.2, 0.25) is 0 Å². The molecule has 0 aliphatic carbocycles. The lowest BCUT2D eigenvalue weighted by molar-refractivity contribution is 0.0802. The van der Waals surface area contributed by atoms with Crippen LogP contribution in [-0.4, -0.2) is 66.9 Å². The molecule has 2 aromatic rings. The molecule has 0 bridgehead atoms. The highest BCUT2D eigenvalue weighted by molar-refractivity contribution is 7.81. The summed E-state index contributed by atoms with van der Waals surface area (Å²) in [5.41, 5.74) is 7.10. The number of pyridine rings is 2. The molecule has 1 saturated heterocycles. The second-order valence-electron chi connectivity index (χ2n) is 10.9. The van der Waals surface area contributed by atoms with Crippen LogP contribution in [0.1, 0.15) is 63.5 Å². The van der Waals surface area contributed by atoms with Crippen LogP contribution in [0.5, 0.6) is 0 Å². The highest BCUT2D eigenvalue weighted by atomic mass is 32.2. The lowest BCUT2D eigenvalue weighted by Crippen LogP contribution is -2.41. The Bertz CT molecular complexity index is 1310. The molecule has 0 radical (unpaired) electrons. The average molecular weight is 557 g/mol. The minimum atomic E-state index is -2.70. The summed E-state index contributed by atoms with van der Waals surface area (Å²) in [6.07, 6.45) is 2.96. The van der Waals surface area contributed by atoms with Crippen LogP contribution < -0.4 is 14.9 Å². The summed E-state index contributed by atoms with van der Waals surface area (Å²) in [4.78, 5) is 39.1. The first-order chi connectivity index (χ1) is 18.4. The second-order valence-corrected chi connectivity index (χ2v) is 11.7. The third kappa shape index (κ3) is 6.22. The number of nitrogen functional groups attached to an aromatic ring is 1. The number of nitrogens with two attached hydrogens (primary N) is 1. The first-order valence-electron chi connectivity index (χ1n) is 13.0. The molecule has 0 aromatic carbocycles. The fourth-order valence-electron chi connectivity index (χ4n) is 5.24. The van der Waals surface area contributed by atoms with E-state index < -0.39 is 17.2 Å². The first-order valence-corrected chi connectivity index (χ1v) is 14.1. The Kier molecular flexibility index (Phi) is 8.26. The van der Waals surface area contributed by atoms with Crippen LogP contribution in [0.15, 0.2) is 36.4 Å². The number of aromatic nitrogens is 2. The quantitative estimate of drug-likeness (QED) is 0.503. The topological polar surface area (TPSA) is 142 Å². The Labute approximate surface area is 231 Å². The van der Waals surface area contributed by atoms with Crippen LogP contribution in [-0.2, 0) is 16.0 Å². The van der Waals surface area contributed by atoms with Gasteiger partial charge in [-0.15, -0.1) is 0 Å². The Morgan fingerprint density at radius 1 is 1.23 bits per heavy atom. The molecule has 0 spiro atoms. The smallest absolute Gasteiger partial charge is 0.410 e. The van der Waals surface area contributed by atoms with Crippen molar-refractivity contribution in [3.63, 3.8) is 0 Å². The number of hydrogen-bond donors (Lipinski definition) is 2. The van der Waals surface area contributed by atoms with Crippen molar-refractivity contribution in [3.05, 3.63) is 47.7 Å². The SMILES string of the molecule is CC(C)OC(=O)N1CCC=C(c2ccc(C(=O)N(c3cccc(N)n3)S(=O)O)c(N3C[C@@H](C)CC3(C)C)n2)C1. The molecule has 2 aromatic heterocycles. The zero-order chi connectivity index (χ0) is 28.5. The molecule has 2 atom stereocenters. The van der Waals surface area contributed by atoms with E-state index in [4.69, 9.17) is 15.5 Å². The maximum absolute atomic E-state index is 13.8. The van der Waals surface area contributed by atoms with E-state index in [1.165, 1.54) is 12.1 Å². The average Bonchev–Trinajstić information content (AvgIpc) is 3.14. The lowest BCUT2D eigenvalue weighted by Gasteiger charge is -2.35. The van der Waals surface area contributed by atoms with Crippen molar-refractivity contribution in [2.75, 3.05) is 34.6 Å². The predicted octanol–water partition coefficient (Wildman–Crippen LogP) is 4.10. The molecule has 3 N–H and O–H groups in total. The Morgan fingerprint density at radius 2 is 1.97 bits per heavy atom. The molecule has 0 saturated carbocycles. The number of nitrogens with zero attached hydrogens (tertiary/aromatic N) is 5. The zero-order valence-electron chi connectivity index (χ0n) is 23.0. The van der Waals surface area contributed by atoms with Gasteiger partial charge >= 0.3 is 6.09 Å². The standard InChI is InChI=1S/C27H36N6O5S/c1-17(2)38-26(35)31-13-7-8-19(16-31)21-12-11-20(24(29-21)32-15-18(3)14-27(32,4)5)25(34)33(39(36)37)23-10-6-9-22(28)30-23/h6,8-12,17-18H,7,13-16H2,1-5H3,(H2,28,30)(H,36,37)/t18-/m0/s1. The molecule has 39 heavy (non-hydrogen) atoms. The summed E-state index contributed by atoms with van der Waals surface area (Å²) >= 11 is -2.70. The number of rotatable bonds is 6. The third-order valence-corrected chi connectivity index (χ3v) is 7.48. The van der Waals surface area contributed by atoms with Crippen molar-refractivity contribution >= 4 is 46.3 Å². The van der Waals surface area contributed by atoms with Crippen LogP contribution in [0.2, 0.25) is 0 Å². The summed E-state index contributed by atoms with van der Waals surface area (Å²) in [7, 11) is 0. The number of carbonyl (C=O) groups is 2. The van der Waals surface area contributed by atoms with Gasteiger partial charge in [0, 0.05) is 18.6 Å². The van der Waals surface area contributed by atoms with E-state index in [0.29, 0.717) is 47.8 Å². The molecule has 4 rings (SSSR count). The van der Waals surface area contributed by atoms with Gasteiger partial charge in [0.25, 0.3) is 17.2 Å². The predicted molar refractivity (Wildman–Crippen MR) is 151 cm³/mol. The van der Waals surface area contributed by atoms with Gasteiger partial charge in [0.05, 0.1) is 23.9 Å². The molecule has 12 heteroatoms. The first kappa shape index (κ1) is 28.5. The molecule has 1 fully saturated rings. The van der Waals surface area contributed by atoms with Crippen molar-refractivity contribution in [2.45, 2.75) is 59.1 Å². The van der Waals surface area contributed by atoms with Crippen molar-refractivity contribution in [3.8, 4) is 0 Å². The molecule has 11 nitrogen and oxygen atoms in total. The van der Waals surface area contributed by atoms with Gasteiger partial charge in [-0.3, -0.25) is 9.35 Å². The fourth-order valence-corrected chi connectivity index (χ4v) is 5.74. The Morgan fingerprint density at radius 3 is 2.59 bits per heavy atom. The second kappa shape index (κ2) is 11.3. The van der Waals surface area contributed by atoms with Gasteiger partial charge in [-0.1, -0.05) is 19.1 Å². The summed E-state index contributed by atoms with van der Waals surface area (Å²) < 4.78 is 28.5.